The third-order valence-corrected chi connectivity index (χ3v) is 4.81. The van der Waals surface area contributed by atoms with Crippen molar-refractivity contribution in [1.29, 1.82) is 0 Å². The largest absolute Gasteiger partial charge is 0.349 e. The molecular formula is C16H21FN2O2S. The molecular weight excluding hydrogens is 303 g/mol. The van der Waals surface area contributed by atoms with E-state index in [4.69, 9.17) is 0 Å². The van der Waals surface area contributed by atoms with E-state index < -0.39 is 0 Å². The molecule has 6 heteroatoms. The maximum absolute atomic E-state index is 12.8. The van der Waals surface area contributed by atoms with Crippen LogP contribution in [0.1, 0.15) is 12.8 Å². The Balaban J connectivity index is 1.77. The molecule has 0 aromatic heterocycles. The van der Waals surface area contributed by atoms with Gasteiger partial charge in [-0.1, -0.05) is 0 Å². The average molecular weight is 324 g/mol. The second kappa shape index (κ2) is 7.63. The van der Waals surface area contributed by atoms with Gasteiger partial charge in [0.2, 0.25) is 11.8 Å². The van der Waals surface area contributed by atoms with Gasteiger partial charge in [0.05, 0.1) is 5.75 Å². The summed E-state index contributed by atoms with van der Waals surface area (Å²) in [6, 6.07) is 6.14. The van der Waals surface area contributed by atoms with Crippen LogP contribution in [-0.2, 0) is 9.59 Å². The number of halogens is 1. The number of thioether (sulfide) groups is 1. The van der Waals surface area contributed by atoms with Crippen LogP contribution in [0.3, 0.4) is 0 Å². The summed E-state index contributed by atoms with van der Waals surface area (Å²) in [5.74, 6) is 0.322. The van der Waals surface area contributed by atoms with E-state index >= 15 is 0 Å². The van der Waals surface area contributed by atoms with Gasteiger partial charge in [0.25, 0.3) is 0 Å². The first-order valence-electron chi connectivity index (χ1n) is 7.34. The lowest BCUT2D eigenvalue weighted by Crippen LogP contribution is -2.43. The number of nitrogens with zero attached hydrogens (tertiary/aromatic N) is 2. The summed E-state index contributed by atoms with van der Waals surface area (Å²) < 4.78 is 12.8. The van der Waals surface area contributed by atoms with Crippen molar-refractivity contribution in [2.24, 2.45) is 5.92 Å². The normalized spacial score (nSPS) is 15.7. The molecule has 1 saturated heterocycles. The van der Waals surface area contributed by atoms with Gasteiger partial charge in [0.15, 0.2) is 0 Å². The number of benzene rings is 1. The molecule has 1 fully saturated rings. The quantitative estimate of drug-likeness (QED) is 0.798. The van der Waals surface area contributed by atoms with Gasteiger partial charge in [-0.2, -0.15) is 0 Å². The fraction of sp³-hybridized carbons (Fsp3) is 0.500. The van der Waals surface area contributed by atoms with E-state index in [-0.39, 0.29) is 23.5 Å². The highest BCUT2D eigenvalue weighted by atomic mass is 32.2. The van der Waals surface area contributed by atoms with Crippen LogP contribution in [0.5, 0.6) is 0 Å². The summed E-state index contributed by atoms with van der Waals surface area (Å²) in [7, 11) is 3.53. The number of carbonyl (C=O) groups excluding carboxylic acids is 2. The Morgan fingerprint density at radius 2 is 1.82 bits per heavy atom. The molecule has 4 nitrogen and oxygen atoms in total. The number of likely N-dealkylation sites (tertiary alicyclic amines) is 1. The minimum Gasteiger partial charge on any atom is -0.349 e. The Morgan fingerprint density at radius 1 is 1.23 bits per heavy atom. The second-order valence-electron chi connectivity index (χ2n) is 5.63. The maximum Gasteiger partial charge on any atom is 0.232 e. The number of piperidine rings is 1. The Labute approximate surface area is 134 Å². The monoisotopic (exact) mass is 324 g/mol. The zero-order valence-corrected chi connectivity index (χ0v) is 13.7. The number of amides is 2. The van der Waals surface area contributed by atoms with Gasteiger partial charge in [0, 0.05) is 38.0 Å². The van der Waals surface area contributed by atoms with Crippen LogP contribution in [0, 0.1) is 11.7 Å². The van der Waals surface area contributed by atoms with Gasteiger partial charge in [0.1, 0.15) is 5.82 Å². The van der Waals surface area contributed by atoms with E-state index in [0.717, 1.165) is 17.7 Å². The van der Waals surface area contributed by atoms with Gasteiger partial charge >= 0.3 is 0 Å². The van der Waals surface area contributed by atoms with Crippen LogP contribution in [0.4, 0.5) is 4.39 Å². The number of hydrogen-bond donors (Lipinski definition) is 0. The van der Waals surface area contributed by atoms with Crippen LogP contribution in [0.15, 0.2) is 29.2 Å². The third-order valence-electron chi connectivity index (χ3n) is 3.81. The molecule has 1 heterocycles. The molecule has 1 aliphatic heterocycles. The van der Waals surface area contributed by atoms with E-state index in [1.54, 1.807) is 31.1 Å². The summed E-state index contributed by atoms with van der Waals surface area (Å²) in [6.07, 6.45) is 1.45. The standard InChI is InChI=1S/C16H21FN2O2S/c1-18(2)16(21)12-7-9-19(10-8-12)15(20)11-22-14-5-3-13(17)4-6-14/h3-6,12H,7-11H2,1-2H3. The van der Waals surface area contributed by atoms with Gasteiger partial charge in [-0.3, -0.25) is 9.59 Å². The van der Waals surface area contributed by atoms with Crippen LogP contribution < -0.4 is 0 Å². The van der Waals surface area contributed by atoms with Crippen molar-refractivity contribution >= 4 is 23.6 Å². The van der Waals surface area contributed by atoms with Crippen molar-refractivity contribution < 1.29 is 14.0 Å². The van der Waals surface area contributed by atoms with Crippen molar-refractivity contribution in [3.8, 4) is 0 Å². The lowest BCUT2D eigenvalue weighted by atomic mass is 9.95. The van der Waals surface area contributed by atoms with E-state index in [2.05, 4.69) is 0 Å². The van der Waals surface area contributed by atoms with Crippen molar-refractivity contribution in [1.82, 2.24) is 9.80 Å². The van der Waals surface area contributed by atoms with E-state index in [0.29, 0.717) is 18.8 Å². The fourth-order valence-corrected chi connectivity index (χ4v) is 3.31. The van der Waals surface area contributed by atoms with Gasteiger partial charge in [-0.15, -0.1) is 11.8 Å². The average Bonchev–Trinajstić information content (AvgIpc) is 2.53. The van der Waals surface area contributed by atoms with Gasteiger partial charge in [-0.25, -0.2) is 4.39 Å². The summed E-state index contributed by atoms with van der Waals surface area (Å²) >= 11 is 1.41. The first kappa shape index (κ1) is 16.8. The molecule has 0 saturated carbocycles. The summed E-state index contributed by atoms with van der Waals surface area (Å²) in [5, 5.41) is 0. The SMILES string of the molecule is CN(C)C(=O)C1CCN(C(=O)CSc2ccc(F)cc2)CC1. The Hall–Kier alpha value is -1.56. The number of carbonyl (C=O) groups is 2. The maximum atomic E-state index is 12.8. The van der Waals surface area contributed by atoms with E-state index in [1.165, 1.54) is 23.9 Å². The van der Waals surface area contributed by atoms with Crippen LogP contribution in [0.25, 0.3) is 0 Å². The molecule has 0 atom stereocenters. The lowest BCUT2D eigenvalue weighted by molar-refractivity contribution is -0.138. The van der Waals surface area contributed by atoms with Gasteiger partial charge < -0.3 is 9.80 Å². The third kappa shape index (κ3) is 4.47. The predicted octanol–water partition coefficient (Wildman–Crippen LogP) is 2.24. The topological polar surface area (TPSA) is 40.6 Å². The summed E-state index contributed by atoms with van der Waals surface area (Å²) in [5.41, 5.74) is 0. The zero-order chi connectivity index (χ0) is 16.1. The fourth-order valence-electron chi connectivity index (χ4n) is 2.51. The summed E-state index contributed by atoms with van der Waals surface area (Å²) in [6.45, 7) is 1.26. The van der Waals surface area contributed by atoms with Crippen molar-refractivity contribution in [2.45, 2.75) is 17.7 Å². The molecule has 2 amide bonds. The molecule has 0 unspecified atom stereocenters. The second-order valence-corrected chi connectivity index (χ2v) is 6.68. The molecule has 0 N–H and O–H groups in total. The van der Waals surface area contributed by atoms with E-state index in [1.807, 2.05) is 4.90 Å². The minimum absolute atomic E-state index is 0.0313. The zero-order valence-electron chi connectivity index (χ0n) is 12.9. The molecule has 22 heavy (non-hydrogen) atoms. The highest BCUT2D eigenvalue weighted by Crippen LogP contribution is 2.22. The summed E-state index contributed by atoms with van der Waals surface area (Å²) in [4.78, 5) is 28.4. The molecule has 2 rings (SSSR count). The number of rotatable bonds is 4. The first-order valence-corrected chi connectivity index (χ1v) is 8.33. The highest BCUT2D eigenvalue weighted by Gasteiger charge is 2.27. The molecule has 1 aromatic rings. The molecule has 1 aliphatic rings. The highest BCUT2D eigenvalue weighted by molar-refractivity contribution is 8.00. The van der Waals surface area contributed by atoms with Crippen LogP contribution >= 0.6 is 11.8 Å². The van der Waals surface area contributed by atoms with Crippen LogP contribution in [-0.4, -0.2) is 54.6 Å². The van der Waals surface area contributed by atoms with E-state index in [9.17, 15) is 14.0 Å². The predicted molar refractivity (Wildman–Crippen MR) is 85.1 cm³/mol. The Kier molecular flexibility index (Phi) is 5.83. The van der Waals surface area contributed by atoms with Crippen molar-refractivity contribution in [3.63, 3.8) is 0 Å². The smallest absolute Gasteiger partial charge is 0.232 e. The minimum atomic E-state index is -0.275. The van der Waals surface area contributed by atoms with Gasteiger partial charge in [-0.05, 0) is 37.1 Å². The molecule has 0 spiro atoms. The molecule has 0 aliphatic carbocycles. The Morgan fingerprint density at radius 3 is 2.36 bits per heavy atom. The molecule has 1 aromatic carbocycles. The lowest BCUT2D eigenvalue weighted by Gasteiger charge is -2.32. The molecule has 0 radical (unpaired) electrons. The molecule has 120 valence electrons. The first-order chi connectivity index (χ1) is 10.5. The Bertz CT molecular complexity index is 525. The molecule has 0 bridgehead atoms. The van der Waals surface area contributed by atoms with Crippen LogP contribution in [0.2, 0.25) is 0 Å². The van der Waals surface area contributed by atoms with Crippen molar-refractivity contribution in [3.05, 3.63) is 30.1 Å². The number of hydrogen-bond acceptors (Lipinski definition) is 3. The van der Waals surface area contributed by atoms with Crippen molar-refractivity contribution in [2.75, 3.05) is 32.9 Å².